The van der Waals surface area contributed by atoms with E-state index in [0.717, 1.165) is 56.3 Å². The van der Waals surface area contributed by atoms with E-state index in [4.69, 9.17) is 10.8 Å². The molecule has 32 heavy (non-hydrogen) atoms. The second-order valence-corrected chi connectivity index (χ2v) is 10.6. The van der Waals surface area contributed by atoms with Crippen molar-refractivity contribution in [3.63, 3.8) is 0 Å². The number of amides is 1. The largest absolute Gasteiger partial charge is 0.382 e. The fourth-order valence-corrected chi connectivity index (χ4v) is 5.30. The van der Waals surface area contributed by atoms with Crippen LogP contribution in [0.4, 0.5) is 10.1 Å². The Kier molecular flexibility index (Phi) is 5.10. The first kappa shape index (κ1) is 21.2. The topological polar surface area (TPSA) is 90.0 Å². The molecule has 2 saturated carbocycles. The van der Waals surface area contributed by atoms with Crippen molar-refractivity contribution in [2.24, 2.45) is 17.1 Å². The van der Waals surface area contributed by atoms with Crippen LogP contribution in [0.2, 0.25) is 0 Å². The Hall–Kier alpha value is -2.70. The van der Waals surface area contributed by atoms with Gasteiger partial charge >= 0.3 is 0 Å². The molecule has 0 atom stereocenters. The highest BCUT2D eigenvalue weighted by molar-refractivity contribution is 6.00. The summed E-state index contributed by atoms with van der Waals surface area (Å²) in [5, 5.41) is 8.19. The summed E-state index contributed by atoms with van der Waals surface area (Å²) in [6, 6.07) is 3.09. The third-order valence-corrected chi connectivity index (χ3v) is 7.09. The average molecular weight is 439 g/mol. The van der Waals surface area contributed by atoms with Gasteiger partial charge in [-0.1, -0.05) is 26.7 Å². The number of aromatic nitrogens is 2. The molecule has 2 fully saturated rings. The van der Waals surface area contributed by atoms with Crippen molar-refractivity contribution in [3.8, 4) is 5.69 Å². The van der Waals surface area contributed by atoms with Crippen LogP contribution >= 0.6 is 0 Å². The van der Waals surface area contributed by atoms with E-state index in [-0.39, 0.29) is 28.5 Å². The van der Waals surface area contributed by atoms with Gasteiger partial charge in [0.25, 0.3) is 5.91 Å². The Bertz CT molecular complexity index is 1090. The summed E-state index contributed by atoms with van der Waals surface area (Å²) in [6.07, 6.45) is 8.46. The van der Waals surface area contributed by atoms with Crippen LogP contribution in [0.3, 0.4) is 0 Å². The lowest BCUT2D eigenvalue weighted by Crippen LogP contribution is -2.28. The van der Waals surface area contributed by atoms with E-state index in [9.17, 15) is 9.59 Å². The van der Waals surface area contributed by atoms with Crippen molar-refractivity contribution in [2.75, 3.05) is 5.32 Å². The number of nitrogens with zero attached hydrogens (tertiary/aromatic N) is 2. The number of nitrogens with two attached hydrogens (primary N) is 1. The van der Waals surface area contributed by atoms with Gasteiger partial charge in [0, 0.05) is 18.2 Å². The van der Waals surface area contributed by atoms with Crippen molar-refractivity contribution in [1.82, 2.24) is 9.78 Å². The van der Waals surface area contributed by atoms with Gasteiger partial charge in [0.05, 0.1) is 22.5 Å². The molecule has 2 aromatic rings. The molecular weight excluding hydrogens is 407 g/mol. The number of benzene rings is 1. The Morgan fingerprint density at radius 1 is 1.22 bits per heavy atom. The summed E-state index contributed by atoms with van der Waals surface area (Å²) < 4.78 is 17.0. The zero-order valence-corrected chi connectivity index (χ0v) is 18.8. The van der Waals surface area contributed by atoms with Gasteiger partial charge in [0.2, 0.25) is 0 Å². The summed E-state index contributed by atoms with van der Waals surface area (Å²) >= 11 is 0. The molecular formula is C25H31FN4O2. The summed E-state index contributed by atoms with van der Waals surface area (Å²) in [7, 11) is 0. The Morgan fingerprint density at radius 2 is 1.94 bits per heavy atom. The Balaban J connectivity index is 1.63. The number of carbonyl (C=O) groups is 2. The van der Waals surface area contributed by atoms with Crippen LogP contribution in [-0.2, 0) is 12.8 Å². The zero-order chi connectivity index (χ0) is 22.6. The smallest absolute Gasteiger partial charge is 0.250 e. The van der Waals surface area contributed by atoms with E-state index >= 15 is 4.39 Å². The van der Waals surface area contributed by atoms with Crippen molar-refractivity contribution < 1.29 is 14.0 Å². The van der Waals surface area contributed by atoms with Crippen LogP contribution in [0.1, 0.15) is 90.9 Å². The first-order valence-electron chi connectivity index (χ1n) is 11.8. The molecule has 1 heterocycles. The van der Waals surface area contributed by atoms with E-state index < -0.39 is 11.7 Å². The lowest BCUT2D eigenvalue weighted by molar-refractivity contribution is 0.0909. The predicted molar refractivity (Wildman–Crippen MR) is 121 cm³/mol. The standard InChI is InChI=1S/C25H31FN4O2/c1-25(2)12-21-23(22(31)13-25)19(9-14-7-8-14)29-30(21)20-11-18(28-15-5-3-4-6-15)16(24(27)32)10-17(20)26/h10-11,14-15,28H,3-9,12-13H2,1-2H3,(H2,27,32). The van der Waals surface area contributed by atoms with E-state index in [1.165, 1.54) is 6.07 Å². The summed E-state index contributed by atoms with van der Waals surface area (Å²) in [6.45, 7) is 4.12. The number of nitrogens with one attached hydrogen (secondary N) is 1. The number of anilines is 1. The molecule has 6 nitrogen and oxygen atoms in total. The van der Waals surface area contributed by atoms with E-state index in [1.807, 2.05) is 0 Å². The number of halogens is 1. The van der Waals surface area contributed by atoms with Gasteiger partial charge in [-0.25, -0.2) is 9.07 Å². The maximum Gasteiger partial charge on any atom is 0.250 e. The van der Waals surface area contributed by atoms with E-state index in [2.05, 4.69) is 19.2 Å². The number of carbonyl (C=O) groups excluding carboxylic acids is 2. The molecule has 3 N–H and O–H groups in total. The van der Waals surface area contributed by atoms with Crippen LogP contribution in [0.25, 0.3) is 5.69 Å². The van der Waals surface area contributed by atoms with E-state index in [0.29, 0.717) is 30.0 Å². The molecule has 0 bridgehead atoms. The normalized spacial score (nSPS) is 20.4. The quantitative estimate of drug-likeness (QED) is 0.691. The zero-order valence-electron chi connectivity index (χ0n) is 18.8. The Morgan fingerprint density at radius 3 is 2.59 bits per heavy atom. The Labute approximate surface area is 187 Å². The number of hydrogen-bond donors (Lipinski definition) is 2. The predicted octanol–water partition coefficient (Wildman–Crippen LogP) is 4.57. The second kappa shape index (κ2) is 7.71. The van der Waals surface area contributed by atoms with Crippen LogP contribution in [0.5, 0.6) is 0 Å². The van der Waals surface area contributed by atoms with Crippen LogP contribution in [0.15, 0.2) is 12.1 Å². The molecule has 170 valence electrons. The number of Topliss-reactive ketones (excluding diaryl/α,β-unsaturated/α-hetero) is 1. The molecule has 5 rings (SSSR count). The summed E-state index contributed by atoms with van der Waals surface area (Å²) in [4.78, 5) is 25.1. The fraction of sp³-hybridized carbons (Fsp3) is 0.560. The molecule has 0 spiro atoms. The first-order chi connectivity index (χ1) is 15.2. The van der Waals surface area contributed by atoms with Crippen molar-refractivity contribution >= 4 is 17.4 Å². The van der Waals surface area contributed by atoms with Gasteiger partial charge in [-0.15, -0.1) is 0 Å². The molecule has 7 heteroatoms. The van der Waals surface area contributed by atoms with Gasteiger partial charge in [0.1, 0.15) is 11.5 Å². The maximum atomic E-state index is 15.4. The van der Waals surface area contributed by atoms with Crippen LogP contribution in [0, 0.1) is 17.2 Å². The molecule has 3 aliphatic carbocycles. The SMILES string of the molecule is CC1(C)CC(=O)c2c(CC3CC3)nn(-c3cc(NC4CCCC4)c(C(N)=O)cc3F)c2C1. The molecule has 0 saturated heterocycles. The van der Waals surface area contributed by atoms with Crippen molar-refractivity contribution in [3.05, 3.63) is 40.5 Å². The lowest BCUT2D eigenvalue weighted by atomic mass is 9.75. The third-order valence-electron chi connectivity index (χ3n) is 7.09. The first-order valence-corrected chi connectivity index (χ1v) is 11.8. The highest BCUT2D eigenvalue weighted by Crippen LogP contribution is 2.41. The lowest BCUT2D eigenvalue weighted by Gasteiger charge is -2.29. The fourth-order valence-electron chi connectivity index (χ4n) is 5.30. The maximum absolute atomic E-state index is 15.4. The minimum absolute atomic E-state index is 0.0941. The molecule has 1 amide bonds. The molecule has 0 unspecified atom stereocenters. The third kappa shape index (κ3) is 3.93. The molecule has 1 aromatic heterocycles. The van der Waals surface area contributed by atoms with E-state index in [1.54, 1.807) is 10.7 Å². The molecule has 0 aliphatic heterocycles. The van der Waals surface area contributed by atoms with Gasteiger partial charge < -0.3 is 11.1 Å². The highest BCUT2D eigenvalue weighted by Gasteiger charge is 2.38. The minimum Gasteiger partial charge on any atom is -0.382 e. The van der Waals surface area contributed by atoms with Gasteiger partial charge in [-0.2, -0.15) is 5.10 Å². The molecule has 3 aliphatic rings. The summed E-state index contributed by atoms with van der Waals surface area (Å²) in [5.41, 5.74) is 8.54. The molecule has 0 radical (unpaired) electrons. The van der Waals surface area contributed by atoms with Crippen LogP contribution in [-0.4, -0.2) is 27.5 Å². The number of hydrogen-bond acceptors (Lipinski definition) is 4. The van der Waals surface area contributed by atoms with Gasteiger partial charge in [-0.05, 0) is 62.0 Å². The van der Waals surface area contributed by atoms with Crippen LogP contribution < -0.4 is 11.1 Å². The second-order valence-electron chi connectivity index (χ2n) is 10.6. The van der Waals surface area contributed by atoms with Crippen molar-refractivity contribution in [2.45, 2.75) is 77.7 Å². The van der Waals surface area contributed by atoms with Gasteiger partial charge in [-0.3, -0.25) is 9.59 Å². The number of primary amides is 1. The minimum atomic E-state index is -0.663. The number of fused-ring (bicyclic) bond motifs is 1. The monoisotopic (exact) mass is 438 g/mol. The van der Waals surface area contributed by atoms with Crippen molar-refractivity contribution in [1.29, 1.82) is 0 Å². The number of rotatable bonds is 6. The highest BCUT2D eigenvalue weighted by atomic mass is 19.1. The molecule has 1 aromatic carbocycles. The number of ketones is 1. The van der Waals surface area contributed by atoms with Gasteiger partial charge in [0.15, 0.2) is 5.78 Å². The summed E-state index contributed by atoms with van der Waals surface area (Å²) in [5.74, 6) is -0.567. The average Bonchev–Trinajstić information content (AvgIpc) is 3.23.